The van der Waals surface area contributed by atoms with Gasteiger partial charge in [0.25, 0.3) is 0 Å². The fraction of sp³-hybridized carbons (Fsp3) is 0.750. The first-order valence-corrected chi connectivity index (χ1v) is 8.06. The Hall–Kier alpha value is 0.439. The number of hydrogen-bond acceptors (Lipinski definition) is 5. The van der Waals surface area contributed by atoms with Crippen LogP contribution in [0.1, 0.15) is 54.4 Å². The van der Waals surface area contributed by atoms with Crippen molar-refractivity contribution in [2.45, 2.75) is 54.4 Å². The van der Waals surface area contributed by atoms with E-state index in [0.717, 1.165) is 0 Å². The number of thiol groups is 1. The molecule has 0 amide bonds. The minimum Gasteiger partial charge on any atom is -0.792 e. The predicted octanol–water partition coefficient (Wildman–Crippen LogP) is 2.42. The Bertz CT molecular complexity index is 232. The first kappa shape index (κ1) is 34.7. The van der Waals surface area contributed by atoms with Crippen LogP contribution in [0.3, 0.4) is 0 Å². The third kappa shape index (κ3) is 226. The number of rotatable bonds is 4. The van der Waals surface area contributed by atoms with Crippen LogP contribution in [0.15, 0.2) is 0 Å². The zero-order chi connectivity index (χ0) is 19.0. The minimum atomic E-state index is -1.06. The molecule has 7 heteroatoms. The molecule has 0 saturated heterocycles. The Morgan fingerprint density at radius 2 is 1.30 bits per heavy atom. The van der Waals surface area contributed by atoms with Gasteiger partial charge in [-0.3, -0.25) is 4.79 Å². The molecule has 0 aromatic carbocycles. The zero-order valence-electron chi connectivity index (χ0n) is 15.3. The van der Waals surface area contributed by atoms with Gasteiger partial charge in [0.05, 0.1) is 6.42 Å². The summed E-state index contributed by atoms with van der Waals surface area (Å²) in [6.07, 6.45) is 0.151. The van der Waals surface area contributed by atoms with E-state index in [2.05, 4.69) is 80.6 Å². The molecule has 0 unspecified atom stereocenters. The van der Waals surface area contributed by atoms with Crippen molar-refractivity contribution >= 4 is 61.1 Å². The predicted molar refractivity (Wildman–Crippen MR) is 103 cm³/mol. The maximum absolute atomic E-state index is 9.55. The first-order valence-electron chi connectivity index (χ1n) is 6.86. The van der Waals surface area contributed by atoms with E-state index in [1.807, 2.05) is 0 Å². The van der Waals surface area contributed by atoms with Crippen molar-refractivity contribution in [3.8, 4) is 0 Å². The molecule has 0 rings (SSSR count). The van der Waals surface area contributed by atoms with Gasteiger partial charge in [-0.15, -0.1) is 0 Å². The van der Waals surface area contributed by atoms with Gasteiger partial charge in [-0.1, -0.05) is 41.5 Å². The number of carbonyl (C=O) groups excluding carboxylic acids is 1. The molecule has 0 aliphatic rings. The third-order valence-corrected chi connectivity index (χ3v) is 1.06. The Kier molecular flexibility index (Phi) is 30.9. The van der Waals surface area contributed by atoms with Crippen LogP contribution in [0.25, 0.3) is 0 Å². The van der Waals surface area contributed by atoms with E-state index in [9.17, 15) is 14.7 Å². The summed E-state index contributed by atoms with van der Waals surface area (Å²) in [5.41, 5.74) is 0.500. The first-order chi connectivity index (χ1) is 9.54. The molecule has 0 bridgehead atoms. The summed E-state index contributed by atoms with van der Waals surface area (Å²) >= 11 is 7.99. The van der Waals surface area contributed by atoms with Crippen molar-refractivity contribution in [2.24, 2.45) is 10.8 Å². The quantitative estimate of drug-likeness (QED) is 0.374. The molecule has 0 atom stereocenters. The summed E-state index contributed by atoms with van der Waals surface area (Å²) in [6, 6.07) is 0. The fourth-order valence-corrected chi connectivity index (χ4v) is 0.537. The monoisotopic (exact) mass is 472 g/mol. The molecule has 0 aliphatic carbocycles. The zero-order valence-corrected chi connectivity index (χ0v) is 19.8. The number of aliphatic carboxylic acids is 2. The van der Waals surface area contributed by atoms with Crippen molar-refractivity contribution in [2.75, 3.05) is 11.5 Å². The summed E-state index contributed by atoms with van der Waals surface area (Å²) in [4.78, 5) is 19.0. The summed E-state index contributed by atoms with van der Waals surface area (Å²) < 4.78 is 0. The number of hydrogen-bond donors (Lipinski definition) is 2. The Labute approximate surface area is 171 Å². The molecule has 0 aliphatic heterocycles. The molecular weight excluding hydrogens is 439 g/mol. The number of carboxylic acids is 2. The van der Waals surface area contributed by atoms with Crippen molar-refractivity contribution in [3.63, 3.8) is 0 Å². The smallest absolute Gasteiger partial charge is 0.792 e. The van der Waals surface area contributed by atoms with Gasteiger partial charge in [0.15, 0.2) is 0 Å². The summed E-state index contributed by atoms with van der Waals surface area (Å²) in [6.45, 7) is 20.0. The van der Waals surface area contributed by atoms with Crippen LogP contribution in [-0.4, -0.2) is 52.5 Å². The second-order valence-electron chi connectivity index (χ2n) is 6.81. The maximum Gasteiger partial charge on any atom is 2.00 e. The van der Waals surface area contributed by atoms with Crippen LogP contribution in [-0.2, 0) is 22.2 Å². The van der Waals surface area contributed by atoms with E-state index >= 15 is 0 Å². The SMILES string of the molecule is O=C(O)CCS.O=C([O-])CC[S-].[CH2]C(C)(C)C.[CH2]C(C)(C)C.[Sn+2]. The van der Waals surface area contributed by atoms with Crippen molar-refractivity contribution in [1.82, 2.24) is 0 Å². The van der Waals surface area contributed by atoms with Crippen LogP contribution >= 0.6 is 12.6 Å². The van der Waals surface area contributed by atoms with E-state index in [0.29, 0.717) is 5.75 Å². The normalized spacial score (nSPS) is 9.48. The topological polar surface area (TPSA) is 77.4 Å². The summed E-state index contributed by atoms with van der Waals surface area (Å²) in [7, 11) is 0. The largest absolute Gasteiger partial charge is 2.00 e. The van der Waals surface area contributed by atoms with Crippen LogP contribution in [0.4, 0.5) is 0 Å². The van der Waals surface area contributed by atoms with Crippen LogP contribution in [0.5, 0.6) is 0 Å². The van der Waals surface area contributed by atoms with Gasteiger partial charge < -0.3 is 27.6 Å². The van der Waals surface area contributed by atoms with Crippen molar-refractivity contribution in [3.05, 3.63) is 13.8 Å². The second kappa shape index (κ2) is 20.5. The summed E-state index contributed by atoms with van der Waals surface area (Å²) in [5.74, 6) is -1.17. The summed E-state index contributed by atoms with van der Waals surface area (Å²) in [5, 5.41) is 17.3. The third-order valence-electron chi connectivity index (χ3n) is 0.632. The van der Waals surface area contributed by atoms with Gasteiger partial charge >= 0.3 is 29.9 Å². The minimum absolute atomic E-state index is 0. The Balaban J connectivity index is -0.0000000620. The fourth-order valence-electron chi connectivity index (χ4n) is 0.179. The van der Waals surface area contributed by atoms with Gasteiger partial charge in [-0.25, -0.2) is 0 Å². The number of carbonyl (C=O) groups is 2. The van der Waals surface area contributed by atoms with Crippen LogP contribution < -0.4 is 5.11 Å². The Morgan fingerprint density at radius 1 is 1.04 bits per heavy atom. The molecule has 1 N–H and O–H groups in total. The molecule has 136 valence electrons. The van der Waals surface area contributed by atoms with E-state index < -0.39 is 11.9 Å². The number of carboxylic acid groups (broad SMARTS) is 2. The second-order valence-corrected chi connectivity index (χ2v) is 7.67. The van der Waals surface area contributed by atoms with Gasteiger partial charge in [-0.2, -0.15) is 18.4 Å². The van der Waals surface area contributed by atoms with Gasteiger partial charge in [-0.05, 0) is 31.1 Å². The van der Waals surface area contributed by atoms with E-state index in [4.69, 9.17) is 5.11 Å². The van der Waals surface area contributed by atoms with Crippen LogP contribution in [0.2, 0.25) is 0 Å². The van der Waals surface area contributed by atoms with Crippen LogP contribution in [0, 0.1) is 24.7 Å². The molecule has 4 nitrogen and oxygen atoms in total. The molecule has 0 aromatic heterocycles. The molecule has 0 saturated carbocycles. The molecule has 0 aromatic rings. The van der Waals surface area contributed by atoms with Gasteiger partial charge in [0.1, 0.15) is 0 Å². The molecular formula is C16H32O4S2Sn. The molecule has 4 radical (unpaired) electrons. The average Bonchev–Trinajstić information content (AvgIpc) is 2.11. The Morgan fingerprint density at radius 3 is 1.30 bits per heavy atom. The van der Waals surface area contributed by atoms with Crippen molar-refractivity contribution < 1.29 is 19.8 Å². The molecule has 0 fully saturated rings. The molecule has 23 heavy (non-hydrogen) atoms. The molecule has 0 spiro atoms. The maximum atomic E-state index is 9.55. The molecule has 0 heterocycles. The average molecular weight is 471 g/mol. The van der Waals surface area contributed by atoms with Gasteiger partial charge in [0.2, 0.25) is 0 Å². The van der Waals surface area contributed by atoms with E-state index in [-0.39, 0.29) is 53.3 Å². The standard InChI is InChI=1S/2C5H11.2C3H6O2S.Sn/c2*1-5(2,3)4;2*4-3(5)1-2-6;/h2*1H2,2-4H3;2*6H,1-2H2,(H,4,5);/q;;;;+2/p-2. The van der Waals surface area contributed by atoms with E-state index in [1.165, 1.54) is 0 Å². The van der Waals surface area contributed by atoms with Crippen molar-refractivity contribution in [1.29, 1.82) is 0 Å². The van der Waals surface area contributed by atoms with E-state index in [1.54, 1.807) is 0 Å². The van der Waals surface area contributed by atoms with Gasteiger partial charge in [0, 0.05) is 11.7 Å².